The second kappa shape index (κ2) is 5.57. The molecule has 2 unspecified atom stereocenters. The van der Waals surface area contributed by atoms with E-state index in [9.17, 15) is 9.90 Å². The maximum Gasteiger partial charge on any atom is 0.254 e. The monoisotopic (exact) mass is 263 g/mol. The number of amides is 1. The van der Waals surface area contributed by atoms with Gasteiger partial charge in [-0.2, -0.15) is 0 Å². The van der Waals surface area contributed by atoms with E-state index >= 15 is 0 Å². The van der Waals surface area contributed by atoms with E-state index in [0.29, 0.717) is 24.5 Å². The summed E-state index contributed by atoms with van der Waals surface area (Å²) < 4.78 is 0. The predicted molar refractivity (Wildman–Crippen MR) is 73.7 cm³/mol. The molecule has 1 amide bonds. The van der Waals surface area contributed by atoms with Crippen molar-refractivity contribution in [2.24, 2.45) is 5.92 Å². The molecule has 1 saturated heterocycles. The lowest BCUT2D eigenvalue weighted by Gasteiger charge is -2.34. The number of aliphatic hydroxyl groups is 1. The lowest BCUT2D eigenvalue weighted by molar-refractivity contribution is 0.0248. The summed E-state index contributed by atoms with van der Waals surface area (Å²) in [5, 5.41) is 9.87. The number of pyridine rings is 1. The number of carbonyl (C=O) groups excluding carboxylic acids is 1. The zero-order chi connectivity index (χ0) is 14.0. The second-order valence-electron chi connectivity index (χ2n) is 5.21. The summed E-state index contributed by atoms with van der Waals surface area (Å²) >= 11 is 0. The van der Waals surface area contributed by atoms with Crippen LogP contribution in [0, 0.1) is 5.92 Å². The molecule has 0 radical (unpaired) electrons. The fourth-order valence-electron chi connectivity index (χ4n) is 2.33. The minimum Gasteiger partial charge on any atom is -0.391 e. The van der Waals surface area contributed by atoms with E-state index in [2.05, 4.69) is 4.98 Å². The van der Waals surface area contributed by atoms with Crippen molar-refractivity contribution in [3.05, 3.63) is 23.4 Å². The van der Waals surface area contributed by atoms with Crippen LogP contribution in [-0.4, -0.2) is 40.1 Å². The smallest absolute Gasteiger partial charge is 0.254 e. The van der Waals surface area contributed by atoms with E-state index in [0.717, 1.165) is 18.5 Å². The standard InChI is InChI=1S/C14H21N3O2/c1-3-11-6-10(7-13(15)16-11)14(19)17-5-4-9(2)12(18)8-17/h6-7,9,12,18H,3-5,8H2,1-2H3,(H2,15,16). The minimum absolute atomic E-state index is 0.0743. The lowest BCUT2D eigenvalue weighted by atomic mass is 9.95. The highest BCUT2D eigenvalue weighted by Gasteiger charge is 2.28. The van der Waals surface area contributed by atoms with E-state index in [1.54, 1.807) is 17.0 Å². The van der Waals surface area contributed by atoms with Gasteiger partial charge in [-0.15, -0.1) is 0 Å². The van der Waals surface area contributed by atoms with Gasteiger partial charge in [0.1, 0.15) is 5.82 Å². The fourth-order valence-corrected chi connectivity index (χ4v) is 2.33. The Balaban J connectivity index is 2.17. The van der Waals surface area contributed by atoms with E-state index in [1.165, 1.54) is 0 Å². The molecule has 19 heavy (non-hydrogen) atoms. The van der Waals surface area contributed by atoms with Crippen molar-refractivity contribution in [3.63, 3.8) is 0 Å². The van der Waals surface area contributed by atoms with Gasteiger partial charge in [-0.05, 0) is 30.9 Å². The zero-order valence-corrected chi connectivity index (χ0v) is 11.5. The maximum absolute atomic E-state index is 12.4. The molecule has 0 saturated carbocycles. The highest BCUT2D eigenvalue weighted by atomic mass is 16.3. The minimum atomic E-state index is -0.442. The molecule has 2 rings (SSSR count). The third-order valence-corrected chi connectivity index (χ3v) is 3.71. The SMILES string of the molecule is CCc1cc(C(=O)N2CCC(C)C(O)C2)cc(N)n1. The number of hydrogen-bond donors (Lipinski definition) is 2. The van der Waals surface area contributed by atoms with Crippen LogP contribution in [0.2, 0.25) is 0 Å². The molecule has 3 N–H and O–H groups in total. The maximum atomic E-state index is 12.4. The van der Waals surface area contributed by atoms with Gasteiger partial charge < -0.3 is 15.7 Å². The van der Waals surface area contributed by atoms with Gasteiger partial charge in [0.25, 0.3) is 5.91 Å². The van der Waals surface area contributed by atoms with Crippen molar-refractivity contribution in [2.75, 3.05) is 18.8 Å². The van der Waals surface area contributed by atoms with Gasteiger partial charge in [-0.1, -0.05) is 13.8 Å². The molecule has 1 aromatic heterocycles. The summed E-state index contributed by atoms with van der Waals surface area (Å²) in [6.45, 7) is 5.05. The van der Waals surface area contributed by atoms with Gasteiger partial charge in [0, 0.05) is 24.3 Å². The van der Waals surface area contributed by atoms with Crippen molar-refractivity contribution in [2.45, 2.75) is 32.8 Å². The first kappa shape index (κ1) is 13.8. The van der Waals surface area contributed by atoms with Gasteiger partial charge in [0.2, 0.25) is 0 Å². The third-order valence-electron chi connectivity index (χ3n) is 3.71. The average molecular weight is 263 g/mol. The quantitative estimate of drug-likeness (QED) is 0.836. The molecule has 0 spiro atoms. The Hall–Kier alpha value is -1.62. The van der Waals surface area contributed by atoms with Crippen molar-refractivity contribution in [3.8, 4) is 0 Å². The van der Waals surface area contributed by atoms with Crippen LogP contribution in [0.25, 0.3) is 0 Å². The predicted octanol–water partition coefficient (Wildman–Crippen LogP) is 1.07. The fraction of sp³-hybridized carbons (Fsp3) is 0.571. The number of nitrogens with zero attached hydrogens (tertiary/aromatic N) is 2. The number of hydrogen-bond acceptors (Lipinski definition) is 4. The van der Waals surface area contributed by atoms with Crippen molar-refractivity contribution < 1.29 is 9.90 Å². The molecule has 104 valence electrons. The van der Waals surface area contributed by atoms with Crippen LogP contribution in [0.5, 0.6) is 0 Å². The highest BCUT2D eigenvalue weighted by Crippen LogP contribution is 2.20. The Kier molecular flexibility index (Phi) is 4.04. The Morgan fingerprint density at radius 1 is 1.58 bits per heavy atom. The number of aromatic nitrogens is 1. The van der Waals surface area contributed by atoms with E-state index < -0.39 is 6.10 Å². The van der Waals surface area contributed by atoms with Gasteiger partial charge >= 0.3 is 0 Å². The zero-order valence-electron chi connectivity index (χ0n) is 11.5. The van der Waals surface area contributed by atoms with E-state index in [1.807, 2.05) is 13.8 Å². The molecule has 2 heterocycles. The third kappa shape index (κ3) is 3.04. The van der Waals surface area contributed by atoms with Crippen molar-refractivity contribution >= 4 is 11.7 Å². The van der Waals surface area contributed by atoms with Crippen LogP contribution in [0.15, 0.2) is 12.1 Å². The first-order chi connectivity index (χ1) is 9.01. The van der Waals surface area contributed by atoms with E-state index in [4.69, 9.17) is 5.73 Å². The summed E-state index contributed by atoms with van der Waals surface area (Å²) in [6.07, 6.45) is 1.13. The number of nitrogen functional groups attached to an aromatic ring is 1. The molecular weight excluding hydrogens is 242 g/mol. The van der Waals surface area contributed by atoms with Gasteiger partial charge in [-0.25, -0.2) is 4.98 Å². The topological polar surface area (TPSA) is 79.5 Å². The number of rotatable bonds is 2. The lowest BCUT2D eigenvalue weighted by Crippen LogP contribution is -2.45. The summed E-state index contributed by atoms with van der Waals surface area (Å²) in [7, 11) is 0. The second-order valence-corrected chi connectivity index (χ2v) is 5.21. The summed E-state index contributed by atoms with van der Waals surface area (Å²) in [4.78, 5) is 18.3. The van der Waals surface area contributed by atoms with Crippen molar-refractivity contribution in [1.29, 1.82) is 0 Å². The van der Waals surface area contributed by atoms with Crippen LogP contribution in [0.3, 0.4) is 0 Å². The number of carbonyl (C=O) groups is 1. The van der Waals surface area contributed by atoms with Gasteiger partial charge in [0.15, 0.2) is 0 Å². The molecular formula is C14H21N3O2. The average Bonchev–Trinajstić information content (AvgIpc) is 2.40. The van der Waals surface area contributed by atoms with Crippen molar-refractivity contribution in [1.82, 2.24) is 9.88 Å². The molecule has 1 aliphatic heterocycles. The van der Waals surface area contributed by atoms with Gasteiger partial charge in [-0.3, -0.25) is 4.79 Å². The molecule has 0 aromatic carbocycles. The van der Waals surface area contributed by atoms with Crippen LogP contribution in [0.4, 0.5) is 5.82 Å². The summed E-state index contributed by atoms with van der Waals surface area (Å²) in [5.41, 5.74) is 7.10. The Bertz CT molecular complexity index is 476. The molecule has 0 aliphatic carbocycles. The Morgan fingerprint density at radius 2 is 2.32 bits per heavy atom. The molecule has 1 aromatic rings. The number of aliphatic hydroxyl groups excluding tert-OH is 1. The van der Waals surface area contributed by atoms with E-state index in [-0.39, 0.29) is 11.8 Å². The van der Waals surface area contributed by atoms with Crippen LogP contribution in [0.1, 0.15) is 36.3 Å². The summed E-state index contributed by atoms with van der Waals surface area (Å²) in [5.74, 6) is 0.543. The first-order valence-electron chi connectivity index (χ1n) is 6.75. The van der Waals surface area contributed by atoms with Crippen LogP contribution >= 0.6 is 0 Å². The largest absolute Gasteiger partial charge is 0.391 e. The molecule has 5 heteroatoms. The number of likely N-dealkylation sites (tertiary alicyclic amines) is 1. The van der Waals surface area contributed by atoms with Crippen LogP contribution in [-0.2, 0) is 6.42 Å². The molecule has 1 fully saturated rings. The molecule has 0 bridgehead atoms. The number of nitrogens with two attached hydrogens (primary N) is 1. The molecule has 1 aliphatic rings. The number of piperidine rings is 1. The highest BCUT2D eigenvalue weighted by molar-refractivity contribution is 5.95. The first-order valence-corrected chi connectivity index (χ1v) is 6.75. The summed E-state index contributed by atoms with van der Waals surface area (Å²) in [6, 6.07) is 3.38. The Labute approximate surface area is 113 Å². The normalized spacial score (nSPS) is 23.4. The number of aryl methyl sites for hydroxylation is 1. The Morgan fingerprint density at radius 3 is 2.95 bits per heavy atom. The van der Waals surface area contributed by atoms with Gasteiger partial charge in [0.05, 0.1) is 6.10 Å². The number of anilines is 1. The molecule has 5 nitrogen and oxygen atoms in total. The molecule has 2 atom stereocenters. The van der Waals surface area contributed by atoms with Crippen LogP contribution < -0.4 is 5.73 Å². The number of β-amino-alcohol motifs (C(OH)–C–C–N with tert-alkyl or cyclic N) is 1.